The minimum Gasteiger partial charge on any atom is -0.399 e. The Morgan fingerprint density at radius 3 is 2.67 bits per heavy atom. The molecule has 0 aliphatic rings. The molecule has 0 spiro atoms. The highest BCUT2D eigenvalue weighted by molar-refractivity contribution is 7.89. The maximum absolute atomic E-state index is 12.1. The molecular formula is C13H21ClN2O4S. The van der Waals surface area contributed by atoms with Gasteiger partial charge in [0.15, 0.2) is 0 Å². The second-order valence-corrected chi connectivity index (χ2v) is 6.54. The SMILES string of the molecule is COCCOCCCCNS(=O)(=O)c1ccc(N)cc1Cl. The molecule has 21 heavy (non-hydrogen) atoms. The fourth-order valence-electron chi connectivity index (χ4n) is 1.59. The maximum atomic E-state index is 12.1. The van der Waals surface area contributed by atoms with Crippen molar-refractivity contribution in [1.82, 2.24) is 4.72 Å². The van der Waals surface area contributed by atoms with E-state index in [9.17, 15) is 8.42 Å². The fraction of sp³-hybridized carbons (Fsp3) is 0.538. The van der Waals surface area contributed by atoms with E-state index in [-0.39, 0.29) is 9.92 Å². The Hall–Kier alpha value is -0.860. The number of hydrogen-bond donors (Lipinski definition) is 2. The van der Waals surface area contributed by atoms with E-state index >= 15 is 0 Å². The summed E-state index contributed by atoms with van der Waals surface area (Å²) >= 11 is 5.89. The average Bonchev–Trinajstić information content (AvgIpc) is 2.41. The molecule has 0 unspecified atom stereocenters. The van der Waals surface area contributed by atoms with Crippen molar-refractivity contribution in [2.45, 2.75) is 17.7 Å². The molecule has 0 atom stereocenters. The molecule has 1 aromatic carbocycles. The molecule has 0 aliphatic heterocycles. The fourth-order valence-corrected chi connectivity index (χ4v) is 3.22. The van der Waals surface area contributed by atoms with Gasteiger partial charge in [0.25, 0.3) is 0 Å². The summed E-state index contributed by atoms with van der Waals surface area (Å²) in [6.45, 7) is 2.01. The molecule has 3 N–H and O–H groups in total. The molecule has 0 fully saturated rings. The zero-order valence-corrected chi connectivity index (χ0v) is 13.5. The van der Waals surface area contributed by atoms with Crippen LogP contribution in [0.15, 0.2) is 23.1 Å². The van der Waals surface area contributed by atoms with Gasteiger partial charge in [0, 0.05) is 25.9 Å². The number of hydrogen-bond acceptors (Lipinski definition) is 5. The number of halogens is 1. The van der Waals surface area contributed by atoms with E-state index in [1.807, 2.05) is 0 Å². The van der Waals surface area contributed by atoms with Crippen LogP contribution in [0.3, 0.4) is 0 Å². The van der Waals surface area contributed by atoms with Crippen molar-refractivity contribution in [3.8, 4) is 0 Å². The zero-order chi connectivity index (χ0) is 15.7. The van der Waals surface area contributed by atoms with Crippen LogP contribution in [0.1, 0.15) is 12.8 Å². The molecule has 0 aliphatic carbocycles. The molecule has 6 nitrogen and oxygen atoms in total. The second-order valence-electron chi connectivity index (χ2n) is 4.40. The predicted octanol–water partition coefficient (Wildman–Crippen LogP) is 1.64. The van der Waals surface area contributed by atoms with E-state index in [1.165, 1.54) is 18.2 Å². The average molecular weight is 337 g/mol. The number of nitrogen functional groups attached to an aromatic ring is 1. The highest BCUT2D eigenvalue weighted by Crippen LogP contribution is 2.23. The lowest BCUT2D eigenvalue weighted by molar-refractivity contribution is 0.0689. The Balaban J connectivity index is 2.33. The predicted molar refractivity (Wildman–Crippen MR) is 83.0 cm³/mol. The largest absolute Gasteiger partial charge is 0.399 e. The molecule has 0 radical (unpaired) electrons. The third-order valence-electron chi connectivity index (χ3n) is 2.68. The first-order valence-corrected chi connectivity index (χ1v) is 8.45. The number of anilines is 1. The number of unbranched alkanes of at least 4 members (excludes halogenated alkanes) is 1. The van der Waals surface area contributed by atoms with Crippen molar-refractivity contribution in [2.24, 2.45) is 0 Å². The van der Waals surface area contributed by atoms with Crippen LogP contribution in [0.5, 0.6) is 0 Å². The molecule has 0 amide bonds. The minimum absolute atomic E-state index is 0.0368. The molecule has 1 aromatic rings. The number of rotatable bonds is 10. The molecular weight excluding hydrogens is 316 g/mol. The molecule has 8 heteroatoms. The lowest BCUT2D eigenvalue weighted by Gasteiger charge is -2.09. The van der Waals surface area contributed by atoms with Crippen molar-refractivity contribution >= 4 is 27.3 Å². The molecule has 0 saturated heterocycles. The van der Waals surface area contributed by atoms with Gasteiger partial charge in [-0.05, 0) is 31.0 Å². The van der Waals surface area contributed by atoms with Gasteiger partial charge in [-0.25, -0.2) is 13.1 Å². The third-order valence-corrected chi connectivity index (χ3v) is 4.63. The lowest BCUT2D eigenvalue weighted by Crippen LogP contribution is -2.25. The van der Waals surface area contributed by atoms with Gasteiger partial charge in [-0.3, -0.25) is 0 Å². The summed E-state index contributed by atoms with van der Waals surface area (Å²) in [5, 5.41) is 0.116. The highest BCUT2D eigenvalue weighted by atomic mass is 35.5. The normalized spacial score (nSPS) is 11.7. The quantitative estimate of drug-likeness (QED) is 0.500. The standard InChI is InChI=1S/C13H21ClN2O4S/c1-19-8-9-20-7-3-2-6-16-21(17,18)13-5-4-11(15)10-12(13)14/h4-5,10,16H,2-3,6-9,15H2,1H3. The van der Waals surface area contributed by atoms with Gasteiger partial charge in [0.2, 0.25) is 10.0 Å². The van der Waals surface area contributed by atoms with Crippen LogP contribution in [-0.2, 0) is 19.5 Å². The lowest BCUT2D eigenvalue weighted by atomic mass is 10.3. The van der Waals surface area contributed by atoms with E-state index in [2.05, 4.69) is 4.72 Å². The molecule has 0 bridgehead atoms. The third kappa shape index (κ3) is 6.62. The van der Waals surface area contributed by atoms with Crippen molar-refractivity contribution in [2.75, 3.05) is 39.2 Å². The van der Waals surface area contributed by atoms with Crippen LogP contribution >= 0.6 is 11.6 Å². The summed E-state index contributed by atoms with van der Waals surface area (Å²) in [6.07, 6.45) is 1.44. The van der Waals surface area contributed by atoms with Gasteiger partial charge >= 0.3 is 0 Å². The Labute approximate surface area is 130 Å². The zero-order valence-electron chi connectivity index (χ0n) is 12.0. The van der Waals surface area contributed by atoms with Gasteiger partial charge in [-0.1, -0.05) is 11.6 Å². The van der Waals surface area contributed by atoms with E-state index in [4.69, 9.17) is 26.8 Å². The summed E-state index contributed by atoms with van der Waals surface area (Å²) in [5.74, 6) is 0. The van der Waals surface area contributed by atoms with Crippen LogP contribution < -0.4 is 10.5 Å². The van der Waals surface area contributed by atoms with E-state index in [0.717, 1.165) is 6.42 Å². The smallest absolute Gasteiger partial charge is 0.242 e. The number of nitrogens with two attached hydrogens (primary N) is 1. The van der Waals surface area contributed by atoms with Crippen LogP contribution in [-0.4, -0.2) is 41.9 Å². The van der Waals surface area contributed by atoms with Crippen LogP contribution in [0.25, 0.3) is 0 Å². The van der Waals surface area contributed by atoms with Crippen molar-refractivity contribution in [1.29, 1.82) is 0 Å². The number of nitrogens with one attached hydrogen (secondary N) is 1. The topological polar surface area (TPSA) is 90.6 Å². The van der Waals surface area contributed by atoms with Gasteiger partial charge in [0.05, 0.1) is 18.2 Å². The number of methoxy groups -OCH3 is 1. The van der Waals surface area contributed by atoms with Gasteiger partial charge in [-0.2, -0.15) is 0 Å². The van der Waals surface area contributed by atoms with Crippen LogP contribution in [0.2, 0.25) is 5.02 Å². The summed E-state index contributed by atoms with van der Waals surface area (Å²) in [6, 6.07) is 4.32. The number of benzene rings is 1. The Kier molecular flexibility index (Phi) is 7.98. The Morgan fingerprint density at radius 1 is 1.24 bits per heavy atom. The molecule has 0 heterocycles. The first kappa shape index (κ1) is 18.2. The van der Waals surface area contributed by atoms with E-state index in [1.54, 1.807) is 7.11 Å². The van der Waals surface area contributed by atoms with Gasteiger partial charge in [0.1, 0.15) is 4.90 Å². The van der Waals surface area contributed by atoms with E-state index in [0.29, 0.717) is 38.5 Å². The molecule has 1 rings (SSSR count). The number of sulfonamides is 1. The van der Waals surface area contributed by atoms with Gasteiger partial charge < -0.3 is 15.2 Å². The van der Waals surface area contributed by atoms with Crippen LogP contribution in [0.4, 0.5) is 5.69 Å². The summed E-state index contributed by atoms with van der Waals surface area (Å²) in [7, 11) is -2.00. The Morgan fingerprint density at radius 2 is 2.00 bits per heavy atom. The first-order chi connectivity index (χ1) is 9.97. The maximum Gasteiger partial charge on any atom is 0.242 e. The van der Waals surface area contributed by atoms with Crippen molar-refractivity contribution in [3.63, 3.8) is 0 Å². The highest BCUT2D eigenvalue weighted by Gasteiger charge is 2.17. The molecule has 0 saturated carbocycles. The van der Waals surface area contributed by atoms with Crippen molar-refractivity contribution < 1.29 is 17.9 Å². The summed E-state index contributed by atoms with van der Waals surface area (Å²) < 4.78 is 36.7. The number of ether oxygens (including phenoxy) is 2. The van der Waals surface area contributed by atoms with Gasteiger partial charge in [-0.15, -0.1) is 0 Å². The molecule has 120 valence electrons. The first-order valence-electron chi connectivity index (χ1n) is 6.59. The summed E-state index contributed by atoms with van der Waals surface area (Å²) in [5.41, 5.74) is 5.96. The Bertz CT molecular complexity index is 537. The van der Waals surface area contributed by atoms with E-state index < -0.39 is 10.0 Å². The van der Waals surface area contributed by atoms with Crippen LogP contribution in [0, 0.1) is 0 Å². The summed E-state index contributed by atoms with van der Waals surface area (Å²) in [4.78, 5) is 0.0368. The monoisotopic (exact) mass is 336 g/mol. The second kappa shape index (κ2) is 9.22. The minimum atomic E-state index is -3.61. The van der Waals surface area contributed by atoms with Crippen molar-refractivity contribution in [3.05, 3.63) is 23.2 Å². The molecule has 0 aromatic heterocycles.